The molecule has 0 atom stereocenters. The van der Waals surface area contributed by atoms with Crippen molar-refractivity contribution in [1.29, 1.82) is 0 Å². The van der Waals surface area contributed by atoms with Crippen molar-refractivity contribution < 1.29 is 0 Å². The van der Waals surface area contributed by atoms with Gasteiger partial charge in [0.05, 0.1) is 0 Å². The van der Waals surface area contributed by atoms with Crippen LogP contribution in [0.4, 0.5) is 0 Å². The van der Waals surface area contributed by atoms with Crippen LogP contribution in [0.2, 0.25) is 0 Å². The lowest BCUT2D eigenvalue weighted by Crippen LogP contribution is -2.63. The van der Waals surface area contributed by atoms with Gasteiger partial charge in [-0.2, -0.15) is 0 Å². The predicted molar refractivity (Wildman–Crippen MR) is 43.2 cm³/mol. The minimum Gasteiger partial charge on any atom is -0.269 e. The van der Waals surface area contributed by atoms with E-state index < -0.39 is 0 Å². The van der Waals surface area contributed by atoms with Crippen molar-refractivity contribution in [3.63, 3.8) is 0 Å². The van der Waals surface area contributed by atoms with E-state index in [0.29, 0.717) is 5.41 Å². The Hall–Kier alpha value is -0.160. The van der Waals surface area contributed by atoms with Gasteiger partial charge in [-0.05, 0) is 12.8 Å². The largest absolute Gasteiger partial charge is 0.269 e. The van der Waals surface area contributed by atoms with Crippen molar-refractivity contribution in [2.24, 2.45) is 17.1 Å². The summed E-state index contributed by atoms with van der Waals surface area (Å²) in [5, 5.41) is 3.80. The molecule has 2 saturated heterocycles. The molecule has 0 aliphatic carbocycles. The fraction of sp³-hybridized carbons (Fsp3) is 1.00. The highest BCUT2D eigenvalue weighted by Crippen LogP contribution is 2.37. The summed E-state index contributed by atoms with van der Waals surface area (Å²) in [6.07, 6.45) is 2.44. The Morgan fingerprint density at radius 1 is 0.909 bits per heavy atom. The van der Waals surface area contributed by atoms with Crippen molar-refractivity contribution in [3.05, 3.63) is 0 Å². The van der Waals surface area contributed by atoms with E-state index in [2.05, 4.69) is 0 Å². The summed E-state index contributed by atoms with van der Waals surface area (Å²) in [7, 11) is 0. The third-order valence-electron chi connectivity index (χ3n) is 2.94. The quantitative estimate of drug-likeness (QED) is 0.448. The van der Waals surface area contributed by atoms with Crippen LogP contribution in [0.5, 0.6) is 0 Å². The van der Waals surface area contributed by atoms with E-state index in [1.165, 1.54) is 12.8 Å². The highest BCUT2D eigenvalue weighted by atomic mass is 15.5. The van der Waals surface area contributed by atoms with Gasteiger partial charge < -0.3 is 0 Å². The molecule has 2 aliphatic rings. The van der Waals surface area contributed by atoms with Crippen LogP contribution in [0, 0.1) is 5.41 Å². The molecule has 0 bridgehead atoms. The number of hydrazine groups is 2. The van der Waals surface area contributed by atoms with E-state index in [9.17, 15) is 0 Å². The van der Waals surface area contributed by atoms with Crippen molar-refractivity contribution >= 4 is 0 Å². The molecule has 2 heterocycles. The summed E-state index contributed by atoms with van der Waals surface area (Å²) in [4.78, 5) is 0. The molecule has 1 spiro atoms. The van der Waals surface area contributed by atoms with Gasteiger partial charge in [0.25, 0.3) is 0 Å². The Kier molecular flexibility index (Phi) is 1.64. The van der Waals surface area contributed by atoms with Crippen LogP contribution in [0.25, 0.3) is 0 Å². The molecular weight excluding hydrogens is 140 g/mol. The highest BCUT2D eigenvalue weighted by molar-refractivity contribution is 4.95. The maximum Gasteiger partial charge on any atom is 0.0199 e. The number of nitrogens with zero attached hydrogens (tertiary/aromatic N) is 2. The number of hydrogen-bond acceptors (Lipinski definition) is 4. The van der Waals surface area contributed by atoms with Gasteiger partial charge in [-0.25, -0.2) is 10.0 Å². The van der Waals surface area contributed by atoms with Crippen LogP contribution < -0.4 is 11.7 Å². The Balaban J connectivity index is 1.88. The van der Waals surface area contributed by atoms with E-state index in [1.54, 1.807) is 0 Å². The lowest BCUT2D eigenvalue weighted by Gasteiger charge is -2.51. The molecule has 0 unspecified atom stereocenters. The van der Waals surface area contributed by atoms with Crippen molar-refractivity contribution in [1.82, 2.24) is 10.0 Å². The van der Waals surface area contributed by atoms with E-state index in [-0.39, 0.29) is 0 Å². The second kappa shape index (κ2) is 2.42. The summed E-state index contributed by atoms with van der Waals surface area (Å²) in [5.74, 6) is 11.3. The highest BCUT2D eigenvalue weighted by Gasteiger charge is 2.43. The molecule has 0 aromatic rings. The molecule has 0 radical (unpaired) electrons. The Labute approximate surface area is 67.1 Å². The van der Waals surface area contributed by atoms with Crippen LogP contribution in [0.15, 0.2) is 0 Å². The third-order valence-corrected chi connectivity index (χ3v) is 2.94. The minimum atomic E-state index is 0.532. The molecule has 0 aromatic carbocycles. The van der Waals surface area contributed by atoms with Gasteiger partial charge in [0, 0.05) is 31.6 Å². The zero-order valence-corrected chi connectivity index (χ0v) is 6.79. The third kappa shape index (κ3) is 1.27. The maximum absolute atomic E-state index is 5.66. The molecule has 4 N–H and O–H groups in total. The molecule has 2 fully saturated rings. The Morgan fingerprint density at radius 2 is 1.45 bits per heavy atom. The van der Waals surface area contributed by atoms with Gasteiger partial charge in [0.15, 0.2) is 0 Å². The first-order valence-electron chi connectivity index (χ1n) is 4.20. The summed E-state index contributed by atoms with van der Waals surface area (Å²) >= 11 is 0. The van der Waals surface area contributed by atoms with Gasteiger partial charge in [0.2, 0.25) is 0 Å². The average molecular weight is 156 g/mol. The fourth-order valence-electron chi connectivity index (χ4n) is 2.13. The predicted octanol–water partition coefficient (Wildman–Crippen LogP) is -0.868. The zero-order valence-electron chi connectivity index (χ0n) is 6.79. The maximum atomic E-state index is 5.66. The molecule has 11 heavy (non-hydrogen) atoms. The molecule has 4 heteroatoms. The minimum absolute atomic E-state index is 0.532. The zero-order chi connectivity index (χ0) is 7.90. The Morgan fingerprint density at radius 3 is 1.91 bits per heavy atom. The molecule has 4 nitrogen and oxygen atoms in total. The Bertz CT molecular complexity index is 143. The number of rotatable bonds is 0. The van der Waals surface area contributed by atoms with Gasteiger partial charge in [-0.1, -0.05) is 0 Å². The molecule has 2 aliphatic heterocycles. The summed E-state index contributed by atoms with van der Waals surface area (Å²) in [6, 6.07) is 0. The van der Waals surface area contributed by atoms with Crippen LogP contribution in [-0.2, 0) is 0 Å². The molecule has 0 saturated carbocycles. The first kappa shape index (κ1) is 7.49. The summed E-state index contributed by atoms with van der Waals surface area (Å²) in [5.41, 5.74) is 0.532. The first-order valence-corrected chi connectivity index (χ1v) is 4.20. The monoisotopic (exact) mass is 156 g/mol. The standard InChI is InChI=1S/C7H16N4/c8-10-3-1-7(2-4-10)5-11(9)6-7/h1-6,8-9H2. The normalized spacial score (nSPS) is 32.2. The molecule has 0 aromatic heterocycles. The second-order valence-corrected chi connectivity index (χ2v) is 3.94. The van der Waals surface area contributed by atoms with E-state index in [0.717, 1.165) is 26.2 Å². The van der Waals surface area contributed by atoms with Crippen molar-refractivity contribution in [3.8, 4) is 0 Å². The van der Waals surface area contributed by atoms with Gasteiger partial charge in [0.1, 0.15) is 0 Å². The van der Waals surface area contributed by atoms with Crippen LogP contribution in [-0.4, -0.2) is 36.2 Å². The number of piperidine rings is 1. The molecular formula is C7H16N4. The number of nitrogens with two attached hydrogens (primary N) is 2. The average Bonchev–Trinajstić information content (AvgIpc) is 1.92. The lowest BCUT2D eigenvalue weighted by molar-refractivity contribution is -0.0473. The summed E-state index contributed by atoms with van der Waals surface area (Å²) in [6.45, 7) is 4.21. The number of hydrogen-bond donors (Lipinski definition) is 2. The van der Waals surface area contributed by atoms with Crippen molar-refractivity contribution in [2.75, 3.05) is 26.2 Å². The van der Waals surface area contributed by atoms with Crippen molar-refractivity contribution in [2.45, 2.75) is 12.8 Å². The molecule has 0 amide bonds. The topological polar surface area (TPSA) is 58.5 Å². The van der Waals surface area contributed by atoms with E-state index in [1.807, 2.05) is 10.0 Å². The SMILES string of the molecule is NN1CCC2(CC1)CN(N)C2. The lowest BCUT2D eigenvalue weighted by atomic mass is 9.73. The smallest absolute Gasteiger partial charge is 0.0199 e. The van der Waals surface area contributed by atoms with Crippen LogP contribution >= 0.6 is 0 Å². The first-order chi connectivity index (χ1) is 5.20. The van der Waals surface area contributed by atoms with Gasteiger partial charge in [-0.15, -0.1) is 0 Å². The van der Waals surface area contributed by atoms with Crippen LogP contribution in [0.3, 0.4) is 0 Å². The van der Waals surface area contributed by atoms with E-state index in [4.69, 9.17) is 11.7 Å². The molecule has 2 rings (SSSR count). The van der Waals surface area contributed by atoms with Crippen LogP contribution in [0.1, 0.15) is 12.8 Å². The molecule has 64 valence electrons. The fourth-order valence-corrected chi connectivity index (χ4v) is 2.13. The summed E-state index contributed by atoms with van der Waals surface area (Å²) < 4.78 is 0. The van der Waals surface area contributed by atoms with E-state index >= 15 is 0 Å². The van der Waals surface area contributed by atoms with Gasteiger partial charge in [-0.3, -0.25) is 11.7 Å². The van der Waals surface area contributed by atoms with Gasteiger partial charge >= 0.3 is 0 Å². The second-order valence-electron chi connectivity index (χ2n) is 3.94.